The third kappa shape index (κ3) is 4.08. The maximum atomic E-state index is 12.8. The van der Waals surface area contributed by atoms with Crippen molar-refractivity contribution in [2.45, 2.75) is 37.1 Å². The van der Waals surface area contributed by atoms with Gasteiger partial charge in [-0.25, -0.2) is 0 Å². The number of methoxy groups -OCH3 is 2. The van der Waals surface area contributed by atoms with Gasteiger partial charge < -0.3 is 20.5 Å². The molecule has 2 aromatic carbocycles. The molecule has 5 heteroatoms. The lowest BCUT2D eigenvalue weighted by Crippen LogP contribution is -2.45. The molecule has 0 bridgehead atoms. The van der Waals surface area contributed by atoms with E-state index >= 15 is 0 Å². The maximum Gasteiger partial charge on any atom is 0.255 e. The first-order valence-corrected chi connectivity index (χ1v) is 9.40. The molecule has 144 valence electrons. The van der Waals surface area contributed by atoms with E-state index in [9.17, 15) is 4.79 Å². The molecule has 0 heterocycles. The third-order valence-corrected chi connectivity index (χ3v) is 5.60. The van der Waals surface area contributed by atoms with Gasteiger partial charge in [0, 0.05) is 23.6 Å². The van der Waals surface area contributed by atoms with E-state index in [2.05, 4.69) is 11.4 Å². The minimum atomic E-state index is -0.180. The Kier molecular flexibility index (Phi) is 6.01. The molecule has 1 saturated carbocycles. The number of carbonyl (C=O) groups is 1. The van der Waals surface area contributed by atoms with Gasteiger partial charge in [-0.15, -0.1) is 0 Å². The van der Waals surface area contributed by atoms with Gasteiger partial charge in [0.25, 0.3) is 5.91 Å². The minimum Gasteiger partial charge on any atom is -0.496 e. The number of nitrogens with one attached hydrogen (secondary N) is 1. The zero-order valence-corrected chi connectivity index (χ0v) is 16.0. The summed E-state index contributed by atoms with van der Waals surface area (Å²) < 4.78 is 10.9. The average molecular weight is 368 g/mol. The van der Waals surface area contributed by atoms with Crippen molar-refractivity contribution in [2.24, 2.45) is 5.73 Å². The smallest absolute Gasteiger partial charge is 0.255 e. The van der Waals surface area contributed by atoms with Crippen molar-refractivity contribution in [3.63, 3.8) is 0 Å². The predicted molar refractivity (Wildman–Crippen MR) is 106 cm³/mol. The van der Waals surface area contributed by atoms with Crippen molar-refractivity contribution in [1.29, 1.82) is 0 Å². The van der Waals surface area contributed by atoms with E-state index in [1.54, 1.807) is 26.4 Å². The normalized spacial score (nSPS) is 22.1. The Morgan fingerprint density at radius 1 is 1.04 bits per heavy atom. The van der Waals surface area contributed by atoms with Crippen molar-refractivity contribution in [3.8, 4) is 11.5 Å². The highest BCUT2D eigenvalue weighted by molar-refractivity contribution is 5.97. The second kappa shape index (κ2) is 8.44. The van der Waals surface area contributed by atoms with Crippen LogP contribution in [0.1, 0.15) is 41.6 Å². The molecule has 0 aliphatic heterocycles. The lowest BCUT2D eigenvalue weighted by molar-refractivity contribution is 0.0932. The van der Waals surface area contributed by atoms with Crippen molar-refractivity contribution in [2.75, 3.05) is 20.8 Å². The van der Waals surface area contributed by atoms with Gasteiger partial charge in [-0.3, -0.25) is 4.79 Å². The summed E-state index contributed by atoms with van der Waals surface area (Å²) in [5.74, 6) is 1.31. The van der Waals surface area contributed by atoms with E-state index in [-0.39, 0.29) is 17.4 Å². The van der Waals surface area contributed by atoms with Gasteiger partial charge in [0.05, 0.1) is 19.8 Å². The first-order valence-electron chi connectivity index (χ1n) is 9.40. The Morgan fingerprint density at radius 3 is 2.30 bits per heavy atom. The van der Waals surface area contributed by atoms with Crippen LogP contribution in [-0.2, 0) is 5.41 Å². The van der Waals surface area contributed by atoms with Crippen LogP contribution in [0.4, 0.5) is 0 Å². The van der Waals surface area contributed by atoms with Gasteiger partial charge in [-0.05, 0) is 43.9 Å². The number of amides is 1. The van der Waals surface area contributed by atoms with E-state index in [0.717, 1.165) is 37.0 Å². The molecule has 2 aromatic rings. The van der Waals surface area contributed by atoms with Crippen LogP contribution in [0.15, 0.2) is 48.5 Å². The maximum absolute atomic E-state index is 12.8. The molecule has 3 N–H and O–H groups in total. The number of carbonyl (C=O) groups excluding carboxylic acids is 1. The Hall–Kier alpha value is -2.53. The van der Waals surface area contributed by atoms with E-state index in [0.29, 0.717) is 17.9 Å². The fraction of sp³-hybridized carbons (Fsp3) is 0.409. The summed E-state index contributed by atoms with van der Waals surface area (Å²) in [7, 11) is 3.26. The van der Waals surface area contributed by atoms with Gasteiger partial charge in [-0.2, -0.15) is 0 Å². The summed E-state index contributed by atoms with van der Waals surface area (Å²) in [6.45, 7) is 0.539. The molecule has 0 radical (unpaired) electrons. The molecule has 3 rings (SSSR count). The third-order valence-electron chi connectivity index (χ3n) is 5.60. The highest BCUT2D eigenvalue weighted by Gasteiger charge is 2.38. The van der Waals surface area contributed by atoms with Crippen molar-refractivity contribution in [3.05, 3.63) is 59.7 Å². The predicted octanol–water partition coefficient (Wildman–Crippen LogP) is 3.27. The first-order chi connectivity index (χ1) is 13.1. The summed E-state index contributed by atoms with van der Waals surface area (Å²) in [5, 5.41) is 3.13. The molecular weight excluding hydrogens is 340 g/mol. The highest BCUT2D eigenvalue weighted by Crippen LogP contribution is 2.42. The molecule has 1 fully saturated rings. The minimum absolute atomic E-state index is 0.128. The standard InChI is InChI=1S/C22H28N2O3/c1-26-19-9-5-3-7-17(19)21(25)24-15-22(13-11-16(23)12-14-22)18-8-4-6-10-20(18)27-2/h3-10,16H,11-15,23H2,1-2H3,(H,24,25)/t16-,22-. The number of ether oxygens (including phenoxy) is 2. The molecule has 0 spiro atoms. The van der Waals surface area contributed by atoms with E-state index in [1.807, 2.05) is 30.3 Å². The Labute approximate surface area is 160 Å². The molecule has 0 atom stereocenters. The SMILES string of the molecule is COc1ccccc1C(=O)NC[C@]1(c2ccccc2OC)CC[C@H](N)CC1. The lowest BCUT2D eigenvalue weighted by atomic mass is 9.68. The molecule has 0 unspecified atom stereocenters. The van der Waals surface area contributed by atoms with Gasteiger partial charge >= 0.3 is 0 Å². The lowest BCUT2D eigenvalue weighted by Gasteiger charge is -2.40. The van der Waals surface area contributed by atoms with Crippen molar-refractivity contribution in [1.82, 2.24) is 5.32 Å². The van der Waals surface area contributed by atoms with Crippen LogP contribution in [0.3, 0.4) is 0 Å². The first kappa shape index (κ1) is 19.2. The second-order valence-corrected chi connectivity index (χ2v) is 7.20. The number of rotatable bonds is 6. The molecule has 0 saturated heterocycles. The molecule has 1 amide bonds. The van der Waals surface area contributed by atoms with Gasteiger partial charge in [0.2, 0.25) is 0 Å². The van der Waals surface area contributed by atoms with Crippen LogP contribution < -0.4 is 20.5 Å². The van der Waals surface area contributed by atoms with Crippen molar-refractivity contribution >= 4 is 5.91 Å². The van der Waals surface area contributed by atoms with E-state index in [4.69, 9.17) is 15.2 Å². The molecule has 1 aliphatic carbocycles. The second-order valence-electron chi connectivity index (χ2n) is 7.20. The molecule has 27 heavy (non-hydrogen) atoms. The Balaban J connectivity index is 1.85. The number of benzene rings is 2. The molecule has 5 nitrogen and oxygen atoms in total. The summed E-state index contributed by atoms with van der Waals surface area (Å²) in [6.07, 6.45) is 3.70. The molecule has 1 aliphatic rings. The quantitative estimate of drug-likeness (QED) is 0.821. The Bertz CT molecular complexity index is 783. The highest BCUT2D eigenvalue weighted by atomic mass is 16.5. The topological polar surface area (TPSA) is 73.6 Å². The number of hydrogen-bond acceptors (Lipinski definition) is 4. The van der Waals surface area contributed by atoms with Gasteiger partial charge in [0.1, 0.15) is 11.5 Å². The van der Waals surface area contributed by atoms with Crippen LogP contribution in [0.25, 0.3) is 0 Å². The zero-order chi connectivity index (χ0) is 19.3. The van der Waals surface area contributed by atoms with Gasteiger partial charge in [0.15, 0.2) is 0 Å². The zero-order valence-electron chi connectivity index (χ0n) is 16.0. The van der Waals surface area contributed by atoms with Crippen LogP contribution in [0.5, 0.6) is 11.5 Å². The van der Waals surface area contributed by atoms with Gasteiger partial charge in [-0.1, -0.05) is 30.3 Å². The van der Waals surface area contributed by atoms with Crippen LogP contribution in [0.2, 0.25) is 0 Å². The van der Waals surface area contributed by atoms with Crippen LogP contribution in [0, 0.1) is 0 Å². The Morgan fingerprint density at radius 2 is 1.63 bits per heavy atom. The fourth-order valence-electron chi connectivity index (χ4n) is 3.99. The van der Waals surface area contributed by atoms with Crippen LogP contribution in [-0.4, -0.2) is 32.7 Å². The average Bonchev–Trinajstić information content (AvgIpc) is 2.73. The molecule has 0 aromatic heterocycles. The fourth-order valence-corrected chi connectivity index (χ4v) is 3.99. The monoisotopic (exact) mass is 368 g/mol. The number of nitrogens with two attached hydrogens (primary N) is 1. The summed E-state index contributed by atoms with van der Waals surface area (Å²) in [5.41, 5.74) is 7.66. The molecular formula is C22H28N2O3. The largest absolute Gasteiger partial charge is 0.496 e. The number of hydrogen-bond donors (Lipinski definition) is 2. The summed E-state index contributed by atoms with van der Waals surface area (Å²) in [6, 6.07) is 15.6. The van der Waals surface area contributed by atoms with E-state index < -0.39 is 0 Å². The van der Waals surface area contributed by atoms with Crippen LogP contribution >= 0.6 is 0 Å². The van der Waals surface area contributed by atoms with Crippen molar-refractivity contribution < 1.29 is 14.3 Å². The number of para-hydroxylation sites is 2. The summed E-state index contributed by atoms with van der Waals surface area (Å²) >= 11 is 0. The van der Waals surface area contributed by atoms with E-state index in [1.165, 1.54) is 0 Å². The summed E-state index contributed by atoms with van der Waals surface area (Å²) in [4.78, 5) is 12.8.